The van der Waals surface area contributed by atoms with Crippen LogP contribution in [0.1, 0.15) is 58.9 Å². The van der Waals surface area contributed by atoms with Gasteiger partial charge in [0.25, 0.3) is 0 Å². The van der Waals surface area contributed by atoms with Crippen molar-refractivity contribution in [3.8, 4) is 0 Å². The Balaban J connectivity index is 1.67. The molecule has 40 heavy (non-hydrogen) atoms. The molecule has 0 radical (unpaired) electrons. The molecule has 0 bridgehead atoms. The van der Waals surface area contributed by atoms with Crippen molar-refractivity contribution in [1.82, 2.24) is 10.3 Å². The van der Waals surface area contributed by atoms with Gasteiger partial charge >= 0.3 is 0 Å². The van der Waals surface area contributed by atoms with Gasteiger partial charge in [0.05, 0.1) is 0 Å². The molecule has 1 aromatic heterocycles. The number of carbonyl (C=O) groups excluding carboxylic acids is 3. The number of hydrogen-bond donors (Lipinski definition) is 3. The third-order valence-electron chi connectivity index (χ3n) is 9.57. The first-order valence-corrected chi connectivity index (χ1v) is 14.5. The van der Waals surface area contributed by atoms with Gasteiger partial charge in [0.15, 0.2) is 11.6 Å². The van der Waals surface area contributed by atoms with E-state index >= 15 is 0 Å². The third kappa shape index (κ3) is 4.43. The molecule has 1 unspecified atom stereocenters. The average Bonchev–Trinajstić information content (AvgIpc) is 3.50. The number of aromatic amines is 1. The fourth-order valence-corrected chi connectivity index (χ4v) is 7.54. The molecule has 1 amide bonds. The fourth-order valence-electron chi connectivity index (χ4n) is 7.54. The van der Waals surface area contributed by atoms with Crippen LogP contribution >= 0.6 is 0 Å². The van der Waals surface area contributed by atoms with Crippen molar-refractivity contribution in [3.05, 3.63) is 83.6 Å². The van der Waals surface area contributed by atoms with Crippen molar-refractivity contribution in [1.29, 1.82) is 0 Å². The van der Waals surface area contributed by atoms with E-state index in [-0.39, 0.29) is 41.4 Å². The van der Waals surface area contributed by atoms with Crippen LogP contribution in [0.15, 0.2) is 78.1 Å². The molecule has 1 aromatic carbocycles. The number of benzene rings is 1. The van der Waals surface area contributed by atoms with Crippen LogP contribution in [0.2, 0.25) is 0 Å². The number of nitrogens with one attached hydrogen (secondary N) is 2. The Morgan fingerprint density at radius 2 is 1.82 bits per heavy atom. The van der Waals surface area contributed by atoms with Gasteiger partial charge in [-0.2, -0.15) is 0 Å². The molecule has 1 aliphatic heterocycles. The predicted octanol–water partition coefficient (Wildman–Crippen LogP) is 5.57. The highest BCUT2D eigenvalue weighted by Crippen LogP contribution is 2.57. The Bertz CT molecular complexity index is 1460. The first kappa shape index (κ1) is 28.0. The maximum atomic E-state index is 14.3. The number of ketones is 2. The number of H-pyrrole nitrogens is 1. The van der Waals surface area contributed by atoms with Crippen LogP contribution in [0.25, 0.3) is 10.9 Å². The molecule has 1 saturated heterocycles. The lowest BCUT2D eigenvalue weighted by molar-refractivity contribution is -0.142. The highest BCUT2D eigenvalue weighted by molar-refractivity contribution is 6.15. The first-order chi connectivity index (χ1) is 19.1. The van der Waals surface area contributed by atoms with Crippen LogP contribution in [0.4, 0.5) is 0 Å². The van der Waals surface area contributed by atoms with Gasteiger partial charge in [-0.05, 0) is 67.9 Å². The molecule has 210 valence electrons. The van der Waals surface area contributed by atoms with Gasteiger partial charge in [0.1, 0.15) is 11.5 Å². The Hall–Kier alpha value is -3.51. The minimum absolute atomic E-state index is 0.0124. The zero-order chi connectivity index (χ0) is 28.8. The topological polar surface area (TPSA) is 99.3 Å². The van der Waals surface area contributed by atoms with Gasteiger partial charge in [-0.1, -0.05) is 68.8 Å². The summed E-state index contributed by atoms with van der Waals surface area (Å²) in [4.78, 5) is 44.8. The Kier molecular flexibility index (Phi) is 7.58. The van der Waals surface area contributed by atoms with Gasteiger partial charge in [-0.15, -0.1) is 0 Å². The summed E-state index contributed by atoms with van der Waals surface area (Å²) < 4.78 is 0. The van der Waals surface area contributed by atoms with Crippen molar-refractivity contribution in [3.63, 3.8) is 0 Å². The molecule has 6 nitrogen and oxygen atoms in total. The summed E-state index contributed by atoms with van der Waals surface area (Å²) in [6.45, 7) is 10.1. The molecule has 2 aliphatic carbocycles. The van der Waals surface area contributed by atoms with Gasteiger partial charge in [-0.3, -0.25) is 14.4 Å². The van der Waals surface area contributed by atoms with E-state index in [1.807, 2.05) is 49.5 Å². The van der Waals surface area contributed by atoms with Crippen LogP contribution in [-0.2, 0) is 14.4 Å². The van der Waals surface area contributed by atoms with E-state index in [2.05, 4.69) is 43.2 Å². The minimum Gasteiger partial charge on any atom is -0.381 e. The number of aromatic nitrogens is 1. The van der Waals surface area contributed by atoms with Crippen LogP contribution in [-0.4, -0.2) is 39.7 Å². The van der Waals surface area contributed by atoms with E-state index < -0.39 is 23.2 Å². The molecule has 5 rings (SSSR count). The van der Waals surface area contributed by atoms with Crippen molar-refractivity contribution in [2.75, 3.05) is 0 Å². The lowest BCUT2D eigenvalue weighted by atomic mass is 9.53. The van der Waals surface area contributed by atoms with Crippen molar-refractivity contribution < 1.29 is 19.5 Å². The Labute approximate surface area is 236 Å². The zero-order valence-corrected chi connectivity index (χ0v) is 24.0. The van der Waals surface area contributed by atoms with E-state index in [9.17, 15) is 19.5 Å². The van der Waals surface area contributed by atoms with Gasteiger partial charge in [0, 0.05) is 40.9 Å². The SMILES string of the molecule is CC[C@@H]1C(C)=C[C@@H]2/C=C/C[C@H](C)/C=C(\C)[C@@H](O)C(=O)/C=C/C(=O)[C@]23C(=O)N[C@@H](C(C)c2c[nH]c4ccccc24)[C@H]13. The highest BCUT2D eigenvalue weighted by atomic mass is 16.3. The van der Waals surface area contributed by atoms with Crippen LogP contribution in [0, 0.1) is 29.1 Å². The largest absolute Gasteiger partial charge is 0.381 e. The molecule has 6 heteroatoms. The quantitative estimate of drug-likeness (QED) is 0.350. The number of rotatable bonds is 3. The number of para-hydroxylation sites is 1. The maximum absolute atomic E-state index is 14.3. The second-order valence-corrected chi connectivity index (χ2v) is 12.0. The molecular weight excluding hydrogens is 500 g/mol. The first-order valence-electron chi connectivity index (χ1n) is 14.5. The number of allylic oxidation sites excluding steroid dienone is 6. The van der Waals surface area contributed by atoms with E-state index in [0.717, 1.165) is 29.0 Å². The molecule has 0 saturated carbocycles. The lowest BCUT2D eigenvalue weighted by Gasteiger charge is -2.46. The Morgan fingerprint density at radius 3 is 2.58 bits per heavy atom. The summed E-state index contributed by atoms with van der Waals surface area (Å²) in [5, 5.41) is 15.0. The summed E-state index contributed by atoms with van der Waals surface area (Å²) in [6, 6.07) is 7.84. The molecule has 3 aliphatic rings. The predicted molar refractivity (Wildman–Crippen MR) is 157 cm³/mol. The van der Waals surface area contributed by atoms with Gasteiger partial charge in [-0.25, -0.2) is 0 Å². The lowest BCUT2D eigenvalue weighted by Crippen LogP contribution is -2.52. The maximum Gasteiger partial charge on any atom is 0.235 e. The fraction of sp³-hybridized carbons (Fsp3) is 0.441. The van der Waals surface area contributed by atoms with E-state index in [4.69, 9.17) is 0 Å². The van der Waals surface area contributed by atoms with Crippen molar-refractivity contribution in [2.24, 2.45) is 29.1 Å². The number of aliphatic hydroxyl groups excluding tert-OH is 1. The monoisotopic (exact) mass is 540 g/mol. The number of hydrogen-bond acceptors (Lipinski definition) is 4. The molecule has 3 N–H and O–H groups in total. The van der Waals surface area contributed by atoms with Gasteiger partial charge in [0.2, 0.25) is 5.91 Å². The van der Waals surface area contributed by atoms with E-state index in [1.165, 1.54) is 11.6 Å². The second kappa shape index (κ2) is 10.8. The molecule has 1 fully saturated rings. The number of amides is 1. The molecule has 2 heterocycles. The number of carbonyl (C=O) groups is 3. The zero-order valence-electron chi connectivity index (χ0n) is 24.0. The smallest absolute Gasteiger partial charge is 0.235 e. The number of fused-ring (bicyclic) bond motifs is 1. The van der Waals surface area contributed by atoms with Gasteiger partial charge < -0.3 is 15.4 Å². The summed E-state index contributed by atoms with van der Waals surface area (Å²) in [7, 11) is 0. The number of aliphatic hydroxyl groups is 1. The average molecular weight is 541 g/mol. The third-order valence-corrected chi connectivity index (χ3v) is 9.57. The standard InChI is InChI=1S/C34H40N2O4/c1-6-24-20(3)17-23-11-9-10-19(2)16-21(4)32(39)28(37)14-15-29(38)34(23)30(24)31(36-33(34)40)22(5)26-18-35-27-13-8-7-12-25(26)27/h7-9,11-19,22-24,30-32,35,39H,6,10H2,1-5H3,(H,36,40)/b11-9+,15-14+,21-16+/t19-,22?,23-,24+,30-,31-,32+,34+/m0/s1. The summed E-state index contributed by atoms with van der Waals surface area (Å²) in [5.74, 6) is -1.95. The van der Waals surface area contributed by atoms with Crippen molar-refractivity contribution >= 4 is 28.4 Å². The minimum atomic E-state index is -1.39. The second-order valence-electron chi connectivity index (χ2n) is 12.0. The van der Waals surface area contributed by atoms with E-state index in [0.29, 0.717) is 12.0 Å². The van der Waals surface area contributed by atoms with Crippen LogP contribution < -0.4 is 5.32 Å². The van der Waals surface area contributed by atoms with Crippen molar-refractivity contribution in [2.45, 2.75) is 65.5 Å². The summed E-state index contributed by atoms with van der Waals surface area (Å²) in [6.07, 6.45) is 12.6. The molecule has 2 aromatic rings. The summed E-state index contributed by atoms with van der Waals surface area (Å²) >= 11 is 0. The normalized spacial score (nSPS) is 36.6. The molecule has 1 spiro atoms. The van der Waals surface area contributed by atoms with Crippen LogP contribution in [0.3, 0.4) is 0 Å². The Morgan fingerprint density at radius 1 is 1.07 bits per heavy atom. The molecular formula is C34H40N2O4. The molecule has 8 atom stereocenters. The summed E-state index contributed by atoms with van der Waals surface area (Å²) in [5.41, 5.74) is 2.49. The van der Waals surface area contributed by atoms with E-state index in [1.54, 1.807) is 6.92 Å². The van der Waals surface area contributed by atoms with Crippen LogP contribution in [0.5, 0.6) is 0 Å². The highest BCUT2D eigenvalue weighted by Gasteiger charge is 2.66.